The number of amides is 2. The fourth-order valence-electron chi connectivity index (χ4n) is 4.14. The Balaban J connectivity index is 1.60. The summed E-state index contributed by atoms with van der Waals surface area (Å²) in [4.78, 5) is 25.2. The zero-order valence-electron chi connectivity index (χ0n) is 13.8. The lowest BCUT2D eigenvalue weighted by Gasteiger charge is -2.13. The fourth-order valence-corrected chi connectivity index (χ4v) is 4.98. The van der Waals surface area contributed by atoms with Gasteiger partial charge in [0.15, 0.2) is 11.5 Å². The molecular formula is C18H17IN2O4. The number of methoxy groups -OCH3 is 2. The van der Waals surface area contributed by atoms with Crippen molar-refractivity contribution in [3.63, 3.8) is 0 Å². The van der Waals surface area contributed by atoms with Gasteiger partial charge in [0.25, 0.3) is 11.8 Å². The predicted octanol–water partition coefficient (Wildman–Crippen LogP) is 2.45. The maximum Gasteiger partial charge on any atom is 0.254 e. The van der Waals surface area contributed by atoms with Crippen LogP contribution in [0.25, 0.3) is 0 Å². The van der Waals surface area contributed by atoms with E-state index in [0.29, 0.717) is 11.5 Å². The molecule has 0 aromatic heterocycles. The molecule has 4 atom stereocenters. The van der Waals surface area contributed by atoms with Crippen LogP contribution in [0, 0.1) is 27.2 Å². The number of nitrogens with zero attached hydrogens (tertiary/aromatic N) is 2. The third-order valence-electron chi connectivity index (χ3n) is 5.23. The van der Waals surface area contributed by atoms with Crippen LogP contribution in [0.4, 0.5) is 0 Å². The standard InChI is InChI=1S/C18H17IN2O4/c1-24-13-6-9(5-12(19)16(13)25-2)8-20-21-17(22)14-10-3-4-11(7-10)15(14)18(21)23/h3-6,8,10-11,14-15H,7H2,1-2H3. The Hall–Kier alpha value is -1.90. The van der Waals surface area contributed by atoms with Crippen LogP contribution in [0.3, 0.4) is 0 Å². The highest BCUT2D eigenvalue weighted by Crippen LogP contribution is 2.52. The van der Waals surface area contributed by atoms with Crippen LogP contribution in [0.15, 0.2) is 29.4 Å². The Kier molecular flexibility index (Phi) is 4.05. The van der Waals surface area contributed by atoms with Crippen LogP contribution in [0.1, 0.15) is 12.0 Å². The van der Waals surface area contributed by atoms with E-state index < -0.39 is 0 Å². The molecule has 2 fully saturated rings. The summed E-state index contributed by atoms with van der Waals surface area (Å²) in [6, 6.07) is 3.63. The first-order chi connectivity index (χ1) is 12.0. The first kappa shape index (κ1) is 16.6. The highest BCUT2D eigenvalue weighted by Gasteiger charge is 2.59. The summed E-state index contributed by atoms with van der Waals surface area (Å²) in [6.45, 7) is 0. The molecular weight excluding hydrogens is 435 g/mol. The van der Waals surface area contributed by atoms with Crippen molar-refractivity contribution in [1.82, 2.24) is 5.01 Å². The molecule has 6 nitrogen and oxygen atoms in total. The molecule has 2 bridgehead atoms. The highest BCUT2D eigenvalue weighted by molar-refractivity contribution is 14.1. The summed E-state index contributed by atoms with van der Waals surface area (Å²) in [5.74, 6) is 0.772. The highest BCUT2D eigenvalue weighted by atomic mass is 127. The lowest BCUT2D eigenvalue weighted by atomic mass is 9.85. The van der Waals surface area contributed by atoms with Gasteiger partial charge in [-0.3, -0.25) is 9.59 Å². The van der Waals surface area contributed by atoms with Crippen molar-refractivity contribution >= 4 is 40.6 Å². The lowest BCUT2D eigenvalue weighted by molar-refractivity contribution is -0.140. The van der Waals surface area contributed by atoms with Gasteiger partial charge in [0.1, 0.15) is 0 Å². The SMILES string of the molecule is COc1cc(C=NN2C(=O)C3C4C=CC(C4)C3C2=O)cc(I)c1OC. The summed E-state index contributed by atoms with van der Waals surface area (Å²) in [5.41, 5.74) is 0.737. The summed E-state index contributed by atoms with van der Waals surface area (Å²) < 4.78 is 11.5. The van der Waals surface area contributed by atoms with Crippen LogP contribution >= 0.6 is 22.6 Å². The molecule has 1 aromatic carbocycles. The van der Waals surface area contributed by atoms with Gasteiger partial charge in [0, 0.05) is 0 Å². The molecule has 1 heterocycles. The third-order valence-corrected chi connectivity index (χ3v) is 6.03. The molecule has 7 heteroatoms. The van der Waals surface area contributed by atoms with Gasteiger partial charge in [-0.15, -0.1) is 0 Å². The van der Waals surface area contributed by atoms with Crippen LogP contribution < -0.4 is 9.47 Å². The fraction of sp³-hybridized carbons (Fsp3) is 0.389. The normalized spacial score (nSPS) is 29.8. The number of halogens is 1. The minimum atomic E-state index is -0.231. The summed E-state index contributed by atoms with van der Waals surface area (Å²) >= 11 is 2.14. The van der Waals surface area contributed by atoms with E-state index in [1.54, 1.807) is 20.3 Å². The van der Waals surface area contributed by atoms with Gasteiger partial charge in [-0.1, -0.05) is 12.2 Å². The number of fused-ring (bicyclic) bond motifs is 5. The summed E-state index contributed by atoms with van der Waals surface area (Å²) in [7, 11) is 3.14. The van der Waals surface area contributed by atoms with Gasteiger partial charge in [0.2, 0.25) is 0 Å². The molecule has 1 aromatic rings. The van der Waals surface area contributed by atoms with E-state index in [0.717, 1.165) is 20.6 Å². The number of carbonyl (C=O) groups is 2. The minimum absolute atomic E-state index is 0.182. The molecule has 4 unspecified atom stereocenters. The first-order valence-electron chi connectivity index (χ1n) is 8.06. The maximum absolute atomic E-state index is 12.6. The number of carbonyl (C=O) groups excluding carboxylic acids is 2. The number of hydrazone groups is 1. The molecule has 4 rings (SSSR count). The van der Waals surface area contributed by atoms with Crippen molar-refractivity contribution < 1.29 is 19.1 Å². The minimum Gasteiger partial charge on any atom is -0.493 e. The van der Waals surface area contributed by atoms with Crippen LogP contribution in [-0.2, 0) is 9.59 Å². The molecule has 130 valence electrons. The van der Waals surface area contributed by atoms with Gasteiger partial charge < -0.3 is 9.47 Å². The Morgan fingerprint density at radius 1 is 1.12 bits per heavy atom. The molecule has 2 amide bonds. The Bertz CT molecular complexity index is 790. The molecule has 2 aliphatic carbocycles. The molecule has 1 saturated carbocycles. The topological polar surface area (TPSA) is 68.2 Å². The van der Waals surface area contributed by atoms with Crippen molar-refractivity contribution in [3.8, 4) is 11.5 Å². The van der Waals surface area contributed by atoms with E-state index in [-0.39, 0.29) is 35.5 Å². The monoisotopic (exact) mass is 452 g/mol. The number of hydrogen-bond acceptors (Lipinski definition) is 5. The van der Waals surface area contributed by atoms with Crippen molar-refractivity contribution in [2.45, 2.75) is 6.42 Å². The van der Waals surface area contributed by atoms with Gasteiger partial charge in [0.05, 0.1) is 35.8 Å². The van der Waals surface area contributed by atoms with E-state index in [2.05, 4.69) is 39.8 Å². The Labute approximate surface area is 159 Å². The molecule has 1 aliphatic heterocycles. The number of hydrogen-bond donors (Lipinski definition) is 0. The van der Waals surface area contributed by atoms with Gasteiger partial charge in [-0.25, -0.2) is 0 Å². The second kappa shape index (κ2) is 6.12. The van der Waals surface area contributed by atoms with Crippen molar-refractivity contribution in [3.05, 3.63) is 33.4 Å². The molecule has 25 heavy (non-hydrogen) atoms. The van der Waals surface area contributed by atoms with Crippen LogP contribution in [0.5, 0.6) is 11.5 Å². The van der Waals surface area contributed by atoms with E-state index in [9.17, 15) is 9.59 Å². The molecule has 0 spiro atoms. The van der Waals surface area contributed by atoms with E-state index in [1.165, 1.54) is 6.21 Å². The van der Waals surface area contributed by atoms with E-state index in [4.69, 9.17) is 9.47 Å². The van der Waals surface area contributed by atoms with Gasteiger partial charge >= 0.3 is 0 Å². The zero-order chi connectivity index (χ0) is 17.7. The number of rotatable bonds is 4. The molecule has 1 saturated heterocycles. The van der Waals surface area contributed by atoms with Crippen LogP contribution in [0.2, 0.25) is 0 Å². The zero-order valence-corrected chi connectivity index (χ0v) is 16.0. The average Bonchev–Trinajstić information content (AvgIpc) is 3.27. The third kappa shape index (κ3) is 2.47. The molecule has 3 aliphatic rings. The number of benzene rings is 1. The summed E-state index contributed by atoms with van der Waals surface area (Å²) in [6.07, 6.45) is 6.58. The van der Waals surface area contributed by atoms with Crippen LogP contribution in [-0.4, -0.2) is 37.3 Å². The Morgan fingerprint density at radius 2 is 1.76 bits per heavy atom. The second-order valence-corrected chi connectivity index (χ2v) is 7.63. The predicted molar refractivity (Wildman–Crippen MR) is 99.4 cm³/mol. The van der Waals surface area contributed by atoms with Gasteiger partial charge in [-0.05, 0) is 58.5 Å². The summed E-state index contributed by atoms with van der Waals surface area (Å²) in [5, 5.41) is 5.24. The van der Waals surface area contributed by atoms with E-state index >= 15 is 0 Å². The van der Waals surface area contributed by atoms with Crippen molar-refractivity contribution in [2.24, 2.45) is 28.8 Å². The average molecular weight is 452 g/mol. The van der Waals surface area contributed by atoms with Crippen molar-refractivity contribution in [1.29, 1.82) is 0 Å². The van der Waals surface area contributed by atoms with E-state index in [1.807, 2.05) is 6.07 Å². The van der Waals surface area contributed by atoms with Gasteiger partial charge in [-0.2, -0.15) is 10.1 Å². The first-order valence-corrected chi connectivity index (χ1v) is 9.14. The number of allylic oxidation sites excluding steroid dienone is 2. The second-order valence-electron chi connectivity index (χ2n) is 6.47. The largest absolute Gasteiger partial charge is 0.493 e. The maximum atomic E-state index is 12.6. The lowest BCUT2D eigenvalue weighted by Crippen LogP contribution is -2.28. The molecule has 0 N–H and O–H groups in total. The number of ether oxygens (including phenoxy) is 2. The van der Waals surface area contributed by atoms with Crippen molar-refractivity contribution in [2.75, 3.05) is 14.2 Å². The molecule has 0 radical (unpaired) electrons. The smallest absolute Gasteiger partial charge is 0.254 e. The quantitative estimate of drug-likeness (QED) is 0.305. The Morgan fingerprint density at radius 3 is 2.32 bits per heavy atom. The number of imide groups is 1.